The minimum absolute atomic E-state index is 0.251. The first kappa shape index (κ1) is 15.7. The molecule has 6 heteroatoms. The van der Waals surface area contributed by atoms with Crippen LogP contribution in [-0.4, -0.2) is 56.4 Å². The molecule has 3 aliphatic rings. The molecule has 1 aromatic rings. The molecule has 4 unspecified atom stereocenters. The first-order valence-corrected chi connectivity index (χ1v) is 8.74. The lowest BCUT2D eigenvalue weighted by molar-refractivity contribution is 0.0767. The minimum Gasteiger partial charge on any atom is -0.492 e. The number of hydrogen-bond donors (Lipinski definition) is 1. The first-order valence-electron chi connectivity index (χ1n) is 8.74. The lowest BCUT2D eigenvalue weighted by atomic mass is 9.82. The fourth-order valence-electron chi connectivity index (χ4n) is 4.33. The Bertz CT molecular complexity index is 589. The number of likely N-dealkylation sites (tertiary alicyclic amines) is 1. The number of halogens is 1. The summed E-state index contributed by atoms with van der Waals surface area (Å²) in [4.78, 5) is 6.76. The molecule has 0 saturated carbocycles. The third-order valence-corrected chi connectivity index (χ3v) is 5.43. The quantitative estimate of drug-likeness (QED) is 0.519. The van der Waals surface area contributed by atoms with Gasteiger partial charge in [0.05, 0.1) is 18.8 Å². The fourth-order valence-corrected chi connectivity index (χ4v) is 4.33. The second-order valence-electron chi connectivity index (χ2n) is 6.80. The number of ether oxygens (including phenoxy) is 2. The SMILES string of the molecule is CN=C(NCCOc1ccc(F)cc1)N1CC2C3CCC(O3)C2C1. The fraction of sp³-hybridized carbons (Fsp3) is 0.611. The Morgan fingerprint density at radius 2 is 1.92 bits per heavy atom. The molecule has 2 bridgehead atoms. The van der Waals surface area contributed by atoms with Crippen molar-refractivity contribution >= 4 is 5.96 Å². The molecule has 0 radical (unpaired) electrons. The molecule has 1 aromatic carbocycles. The Labute approximate surface area is 141 Å². The van der Waals surface area contributed by atoms with Crippen LogP contribution >= 0.6 is 0 Å². The Kier molecular flexibility index (Phi) is 4.31. The molecule has 3 saturated heterocycles. The average Bonchev–Trinajstić information content (AvgIpc) is 3.29. The highest BCUT2D eigenvalue weighted by atomic mass is 19.1. The van der Waals surface area contributed by atoms with E-state index in [1.165, 1.54) is 25.0 Å². The van der Waals surface area contributed by atoms with Crippen molar-refractivity contribution in [1.29, 1.82) is 0 Å². The van der Waals surface area contributed by atoms with Crippen molar-refractivity contribution in [2.45, 2.75) is 25.0 Å². The summed E-state index contributed by atoms with van der Waals surface area (Å²) in [6.07, 6.45) is 3.36. The van der Waals surface area contributed by atoms with Crippen LogP contribution in [0.25, 0.3) is 0 Å². The number of nitrogens with zero attached hydrogens (tertiary/aromatic N) is 2. The van der Waals surface area contributed by atoms with Crippen molar-refractivity contribution in [3.63, 3.8) is 0 Å². The molecule has 1 N–H and O–H groups in total. The van der Waals surface area contributed by atoms with E-state index in [-0.39, 0.29) is 5.82 Å². The van der Waals surface area contributed by atoms with Crippen molar-refractivity contribution in [2.75, 3.05) is 33.3 Å². The van der Waals surface area contributed by atoms with E-state index >= 15 is 0 Å². The van der Waals surface area contributed by atoms with Crippen LogP contribution in [0.3, 0.4) is 0 Å². The van der Waals surface area contributed by atoms with E-state index in [2.05, 4.69) is 15.2 Å². The number of aliphatic imine (C=N–C) groups is 1. The summed E-state index contributed by atoms with van der Waals surface area (Å²) in [7, 11) is 1.82. The summed E-state index contributed by atoms with van der Waals surface area (Å²) in [6, 6.07) is 6.09. The molecule has 5 nitrogen and oxygen atoms in total. The molecule has 0 aromatic heterocycles. The van der Waals surface area contributed by atoms with Crippen LogP contribution < -0.4 is 10.1 Å². The van der Waals surface area contributed by atoms with Gasteiger partial charge in [0.2, 0.25) is 0 Å². The van der Waals surface area contributed by atoms with Gasteiger partial charge in [-0.1, -0.05) is 0 Å². The maximum absolute atomic E-state index is 12.9. The normalized spacial score (nSPS) is 31.4. The van der Waals surface area contributed by atoms with Gasteiger partial charge in [-0.3, -0.25) is 4.99 Å². The van der Waals surface area contributed by atoms with Crippen LogP contribution in [0.5, 0.6) is 5.75 Å². The zero-order valence-electron chi connectivity index (χ0n) is 14.0. The van der Waals surface area contributed by atoms with E-state index in [9.17, 15) is 4.39 Å². The third kappa shape index (κ3) is 2.95. The van der Waals surface area contributed by atoms with Crippen molar-refractivity contribution in [3.05, 3.63) is 30.1 Å². The maximum atomic E-state index is 12.9. The monoisotopic (exact) mass is 333 g/mol. The number of benzene rings is 1. The molecule has 4 rings (SSSR count). The molecule has 4 atom stereocenters. The van der Waals surface area contributed by atoms with E-state index in [0.29, 0.717) is 42.9 Å². The van der Waals surface area contributed by atoms with Crippen LogP contribution in [0.15, 0.2) is 29.3 Å². The molecular formula is C18H24FN3O2. The Morgan fingerprint density at radius 3 is 2.54 bits per heavy atom. The van der Waals surface area contributed by atoms with Gasteiger partial charge in [-0.15, -0.1) is 0 Å². The summed E-state index contributed by atoms with van der Waals surface area (Å²) in [5.74, 6) is 2.69. The van der Waals surface area contributed by atoms with Gasteiger partial charge in [0, 0.05) is 32.0 Å². The van der Waals surface area contributed by atoms with Gasteiger partial charge in [-0.05, 0) is 37.1 Å². The van der Waals surface area contributed by atoms with E-state index in [4.69, 9.17) is 9.47 Å². The summed E-state index contributed by atoms with van der Waals surface area (Å²) in [6.45, 7) is 3.24. The van der Waals surface area contributed by atoms with Crippen LogP contribution in [0, 0.1) is 17.7 Å². The van der Waals surface area contributed by atoms with Crippen LogP contribution in [-0.2, 0) is 4.74 Å². The predicted molar refractivity (Wildman–Crippen MR) is 89.7 cm³/mol. The molecule has 24 heavy (non-hydrogen) atoms. The van der Waals surface area contributed by atoms with Crippen LogP contribution in [0.2, 0.25) is 0 Å². The van der Waals surface area contributed by atoms with E-state index < -0.39 is 0 Å². The highest BCUT2D eigenvalue weighted by Gasteiger charge is 2.53. The number of fused-ring (bicyclic) bond motifs is 5. The zero-order valence-corrected chi connectivity index (χ0v) is 14.0. The van der Waals surface area contributed by atoms with Gasteiger partial charge in [0.1, 0.15) is 18.2 Å². The topological polar surface area (TPSA) is 46.1 Å². The number of rotatable bonds is 4. The van der Waals surface area contributed by atoms with E-state index in [1.807, 2.05) is 7.05 Å². The first-order chi connectivity index (χ1) is 11.7. The van der Waals surface area contributed by atoms with Gasteiger partial charge >= 0.3 is 0 Å². The van der Waals surface area contributed by atoms with Crippen LogP contribution in [0.4, 0.5) is 4.39 Å². The lowest BCUT2D eigenvalue weighted by Crippen LogP contribution is -2.42. The summed E-state index contributed by atoms with van der Waals surface area (Å²) >= 11 is 0. The molecule has 3 aliphatic heterocycles. The summed E-state index contributed by atoms with van der Waals surface area (Å²) in [5.41, 5.74) is 0. The zero-order chi connectivity index (χ0) is 16.5. The highest BCUT2D eigenvalue weighted by Crippen LogP contribution is 2.47. The van der Waals surface area contributed by atoms with Crippen LogP contribution in [0.1, 0.15) is 12.8 Å². The number of hydrogen-bond acceptors (Lipinski definition) is 3. The lowest BCUT2D eigenvalue weighted by Gasteiger charge is -2.23. The Balaban J connectivity index is 1.24. The van der Waals surface area contributed by atoms with Crippen molar-refractivity contribution in [1.82, 2.24) is 10.2 Å². The van der Waals surface area contributed by atoms with Crippen molar-refractivity contribution in [2.24, 2.45) is 16.8 Å². The molecule has 0 aliphatic carbocycles. The standard InChI is InChI=1S/C18H24FN3O2/c1-20-18(21-8-9-23-13-4-2-12(19)3-5-13)22-10-14-15(11-22)17-7-6-16(14)24-17/h2-5,14-17H,6-11H2,1H3,(H,20,21). The number of guanidine groups is 1. The van der Waals surface area contributed by atoms with Crippen molar-refractivity contribution in [3.8, 4) is 5.75 Å². The van der Waals surface area contributed by atoms with Gasteiger partial charge in [-0.25, -0.2) is 4.39 Å². The average molecular weight is 333 g/mol. The van der Waals surface area contributed by atoms with E-state index in [1.54, 1.807) is 12.1 Å². The third-order valence-electron chi connectivity index (χ3n) is 5.43. The minimum atomic E-state index is -0.251. The second kappa shape index (κ2) is 6.59. The molecule has 130 valence electrons. The highest BCUT2D eigenvalue weighted by molar-refractivity contribution is 5.80. The van der Waals surface area contributed by atoms with E-state index in [0.717, 1.165) is 19.0 Å². The molecular weight excluding hydrogens is 309 g/mol. The second-order valence-corrected chi connectivity index (χ2v) is 6.80. The molecule has 0 amide bonds. The summed E-state index contributed by atoms with van der Waals surface area (Å²) in [5, 5.41) is 3.37. The number of nitrogens with one attached hydrogen (secondary N) is 1. The molecule has 3 fully saturated rings. The Morgan fingerprint density at radius 1 is 1.25 bits per heavy atom. The predicted octanol–water partition coefficient (Wildman–Crippen LogP) is 1.89. The largest absolute Gasteiger partial charge is 0.492 e. The van der Waals surface area contributed by atoms with Crippen molar-refractivity contribution < 1.29 is 13.9 Å². The van der Waals surface area contributed by atoms with Gasteiger partial charge in [-0.2, -0.15) is 0 Å². The summed E-state index contributed by atoms with van der Waals surface area (Å²) < 4.78 is 24.5. The van der Waals surface area contributed by atoms with Gasteiger partial charge < -0.3 is 19.7 Å². The molecule has 0 spiro atoms. The smallest absolute Gasteiger partial charge is 0.193 e. The molecule has 3 heterocycles. The van der Waals surface area contributed by atoms with Gasteiger partial charge in [0.25, 0.3) is 0 Å². The van der Waals surface area contributed by atoms with Gasteiger partial charge in [0.15, 0.2) is 5.96 Å². The maximum Gasteiger partial charge on any atom is 0.193 e. The Hall–Kier alpha value is -1.82.